The molecule has 0 aliphatic heterocycles. The zero-order valence-electron chi connectivity index (χ0n) is 14.4. The van der Waals surface area contributed by atoms with Gasteiger partial charge in [-0.15, -0.1) is 11.3 Å². The Kier molecular flexibility index (Phi) is 6.86. The van der Waals surface area contributed by atoms with Crippen molar-refractivity contribution in [3.63, 3.8) is 0 Å². The molecule has 144 valence electrons. The summed E-state index contributed by atoms with van der Waals surface area (Å²) in [6.07, 6.45) is 0. The van der Waals surface area contributed by atoms with Gasteiger partial charge in [-0.1, -0.05) is 53.5 Å². The molecule has 1 N–H and O–H groups in total. The summed E-state index contributed by atoms with van der Waals surface area (Å²) in [5.41, 5.74) is 1.42. The molecule has 0 saturated carbocycles. The third-order valence-corrected chi connectivity index (χ3v) is 4.85. The second kappa shape index (κ2) is 9.54. The molecule has 0 bridgehead atoms. The average Bonchev–Trinajstić information content (AvgIpc) is 3.14. The van der Waals surface area contributed by atoms with Crippen LogP contribution in [0.3, 0.4) is 0 Å². The van der Waals surface area contributed by atoms with Crippen molar-refractivity contribution in [2.45, 2.75) is 0 Å². The number of para-hydroxylation sites is 1. The van der Waals surface area contributed by atoms with E-state index in [1.807, 2.05) is 18.2 Å². The van der Waals surface area contributed by atoms with Gasteiger partial charge in [-0.05, 0) is 18.2 Å². The van der Waals surface area contributed by atoms with E-state index in [2.05, 4.69) is 10.3 Å². The van der Waals surface area contributed by atoms with Gasteiger partial charge in [0.15, 0.2) is 18.3 Å². The second-order valence-corrected chi connectivity index (χ2v) is 7.12. The first-order chi connectivity index (χ1) is 13.5. The quantitative estimate of drug-likeness (QED) is 0.544. The van der Waals surface area contributed by atoms with E-state index in [-0.39, 0.29) is 6.61 Å². The molecule has 0 fully saturated rings. The van der Waals surface area contributed by atoms with Gasteiger partial charge >= 0.3 is 5.97 Å². The molecule has 0 unspecified atom stereocenters. The van der Waals surface area contributed by atoms with Crippen molar-refractivity contribution in [1.82, 2.24) is 4.98 Å². The van der Waals surface area contributed by atoms with Gasteiger partial charge in [0.25, 0.3) is 5.91 Å². The van der Waals surface area contributed by atoms with E-state index in [1.165, 1.54) is 11.3 Å². The highest BCUT2D eigenvalue weighted by atomic mass is 35.5. The first kappa shape index (κ1) is 20.1. The highest BCUT2D eigenvalue weighted by Gasteiger charge is 2.13. The molecule has 1 amide bonds. The minimum atomic E-state index is -0.689. The van der Waals surface area contributed by atoms with Crippen molar-refractivity contribution in [3.8, 4) is 17.0 Å². The molecule has 9 heteroatoms. The van der Waals surface area contributed by atoms with Crippen LogP contribution in [0.2, 0.25) is 10.0 Å². The van der Waals surface area contributed by atoms with E-state index in [9.17, 15) is 9.59 Å². The predicted molar refractivity (Wildman–Crippen MR) is 109 cm³/mol. The van der Waals surface area contributed by atoms with Crippen molar-refractivity contribution >= 4 is 51.5 Å². The topological polar surface area (TPSA) is 77.5 Å². The Morgan fingerprint density at radius 2 is 1.71 bits per heavy atom. The number of thiazole rings is 1. The zero-order valence-corrected chi connectivity index (χ0v) is 16.7. The highest BCUT2D eigenvalue weighted by Crippen LogP contribution is 2.30. The predicted octanol–water partition coefficient (Wildman–Crippen LogP) is 4.68. The lowest BCUT2D eigenvalue weighted by Gasteiger charge is -2.08. The summed E-state index contributed by atoms with van der Waals surface area (Å²) < 4.78 is 10.1. The number of nitrogens with zero attached hydrogens (tertiary/aromatic N) is 1. The number of anilines is 1. The molecule has 2 aromatic carbocycles. The molecule has 0 aliphatic rings. The normalized spacial score (nSPS) is 10.4. The lowest BCUT2D eigenvalue weighted by Crippen LogP contribution is -2.23. The molecule has 1 heterocycles. The first-order valence-electron chi connectivity index (χ1n) is 8.06. The molecule has 0 saturated heterocycles. The van der Waals surface area contributed by atoms with Gasteiger partial charge in [0.1, 0.15) is 5.75 Å². The molecule has 28 heavy (non-hydrogen) atoms. The number of carbonyl (C=O) groups is 2. The van der Waals surface area contributed by atoms with Crippen LogP contribution in [0.25, 0.3) is 11.3 Å². The minimum absolute atomic E-state index is 0.356. The molecule has 3 aromatic rings. The summed E-state index contributed by atoms with van der Waals surface area (Å²) in [5.74, 6) is -0.836. The monoisotopic (exact) mass is 436 g/mol. The average molecular weight is 437 g/mol. The third kappa shape index (κ3) is 5.45. The minimum Gasteiger partial charge on any atom is -0.480 e. The van der Waals surface area contributed by atoms with Crippen LogP contribution >= 0.6 is 34.5 Å². The zero-order chi connectivity index (χ0) is 19.9. The fraction of sp³-hybridized carbons (Fsp3) is 0.105. The Bertz CT molecular complexity index is 993. The van der Waals surface area contributed by atoms with Gasteiger partial charge in [0, 0.05) is 16.0 Å². The Morgan fingerprint density at radius 1 is 1.00 bits per heavy atom. The van der Waals surface area contributed by atoms with Gasteiger partial charge in [0.2, 0.25) is 0 Å². The number of rotatable bonds is 7. The number of hydrogen-bond donors (Lipinski definition) is 1. The standard InChI is InChI=1S/C19H14Cl2N2O4S/c20-13-6-2-1-5-12(13)15-11-28-19(22-15)23-17(24)9-27-18(25)10-26-16-8-4-3-7-14(16)21/h1-8,11H,9-10H2,(H,22,23,24). The van der Waals surface area contributed by atoms with Crippen LogP contribution in [-0.2, 0) is 14.3 Å². The molecule has 0 atom stereocenters. The molecular formula is C19H14Cl2N2O4S. The van der Waals surface area contributed by atoms with E-state index in [0.29, 0.717) is 26.6 Å². The maximum Gasteiger partial charge on any atom is 0.344 e. The summed E-state index contributed by atoms with van der Waals surface area (Å²) >= 11 is 13.3. The summed E-state index contributed by atoms with van der Waals surface area (Å²) in [6, 6.07) is 14.0. The van der Waals surface area contributed by atoms with Crippen LogP contribution < -0.4 is 10.1 Å². The molecule has 1 aromatic heterocycles. The Balaban J connectivity index is 1.46. The molecular weight excluding hydrogens is 423 g/mol. The van der Waals surface area contributed by atoms with Gasteiger partial charge in [-0.3, -0.25) is 10.1 Å². The van der Waals surface area contributed by atoms with E-state index in [1.54, 1.807) is 35.7 Å². The summed E-state index contributed by atoms with van der Waals surface area (Å²) in [6.45, 7) is -0.809. The maximum absolute atomic E-state index is 11.9. The smallest absolute Gasteiger partial charge is 0.344 e. The van der Waals surface area contributed by atoms with Crippen molar-refractivity contribution < 1.29 is 19.1 Å². The number of benzene rings is 2. The lowest BCUT2D eigenvalue weighted by molar-refractivity contribution is -0.149. The van der Waals surface area contributed by atoms with E-state index >= 15 is 0 Å². The van der Waals surface area contributed by atoms with Crippen molar-refractivity contribution in [1.29, 1.82) is 0 Å². The third-order valence-electron chi connectivity index (χ3n) is 3.45. The van der Waals surface area contributed by atoms with Crippen molar-refractivity contribution in [2.75, 3.05) is 18.5 Å². The molecule has 3 rings (SSSR count). The number of amides is 1. The number of ether oxygens (including phenoxy) is 2. The number of esters is 1. The molecule has 6 nitrogen and oxygen atoms in total. The fourth-order valence-electron chi connectivity index (χ4n) is 2.17. The summed E-state index contributed by atoms with van der Waals surface area (Å²) in [7, 11) is 0. The van der Waals surface area contributed by atoms with Crippen LogP contribution in [-0.4, -0.2) is 30.1 Å². The van der Waals surface area contributed by atoms with Gasteiger partial charge < -0.3 is 9.47 Å². The summed E-state index contributed by atoms with van der Waals surface area (Å²) in [4.78, 5) is 28.0. The van der Waals surface area contributed by atoms with Crippen LogP contribution in [0.4, 0.5) is 5.13 Å². The lowest BCUT2D eigenvalue weighted by atomic mass is 10.2. The number of hydrogen-bond acceptors (Lipinski definition) is 6. The number of carbonyl (C=O) groups excluding carboxylic acids is 2. The largest absolute Gasteiger partial charge is 0.480 e. The molecule has 0 aliphatic carbocycles. The van der Waals surface area contributed by atoms with Crippen molar-refractivity contribution in [3.05, 3.63) is 64.0 Å². The van der Waals surface area contributed by atoms with E-state index in [0.717, 1.165) is 5.56 Å². The Hall–Kier alpha value is -2.61. The number of halogens is 2. The van der Waals surface area contributed by atoms with E-state index < -0.39 is 18.5 Å². The van der Waals surface area contributed by atoms with E-state index in [4.69, 9.17) is 32.7 Å². The number of aromatic nitrogens is 1. The Morgan fingerprint density at radius 3 is 2.46 bits per heavy atom. The van der Waals surface area contributed by atoms with Gasteiger partial charge in [-0.2, -0.15) is 0 Å². The van der Waals surface area contributed by atoms with Crippen LogP contribution in [0, 0.1) is 0 Å². The van der Waals surface area contributed by atoms with Crippen LogP contribution in [0.15, 0.2) is 53.9 Å². The van der Waals surface area contributed by atoms with Crippen LogP contribution in [0.5, 0.6) is 5.75 Å². The van der Waals surface area contributed by atoms with Gasteiger partial charge in [-0.25, -0.2) is 9.78 Å². The Labute approximate surface area is 175 Å². The van der Waals surface area contributed by atoms with Crippen molar-refractivity contribution in [2.24, 2.45) is 0 Å². The first-order valence-corrected chi connectivity index (χ1v) is 9.69. The van der Waals surface area contributed by atoms with Gasteiger partial charge in [0.05, 0.1) is 10.7 Å². The second-order valence-electron chi connectivity index (χ2n) is 5.45. The highest BCUT2D eigenvalue weighted by molar-refractivity contribution is 7.14. The summed E-state index contributed by atoms with van der Waals surface area (Å²) in [5, 5.41) is 5.68. The maximum atomic E-state index is 11.9. The number of nitrogens with one attached hydrogen (secondary N) is 1. The molecule has 0 spiro atoms. The molecule has 0 radical (unpaired) electrons. The van der Waals surface area contributed by atoms with Crippen LogP contribution in [0.1, 0.15) is 0 Å². The fourth-order valence-corrected chi connectivity index (χ4v) is 3.31. The SMILES string of the molecule is O=C(COC(=O)COc1ccccc1Cl)Nc1nc(-c2ccccc2Cl)cs1.